The molecule has 1 spiro atoms. The SMILES string of the molecule is COc1cc2nn([C@H]3CC[C@H](CN4CCC5(CC4)CC(CCNc4cccc6c4C(=O)N(C4CCC(=O)NC4=O)C6=O)C5)CC3)cc2cc1NC(=O)c1cnn2ccc(C(F)(F)F)nc12. The number of methoxy groups -OCH3 is 1. The highest BCUT2D eigenvalue weighted by Crippen LogP contribution is 2.54. The van der Waals surface area contributed by atoms with E-state index in [0.717, 1.165) is 78.8 Å². The van der Waals surface area contributed by atoms with Crippen molar-refractivity contribution in [3.05, 3.63) is 77.4 Å². The largest absolute Gasteiger partial charge is 0.494 e. The second kappa shape index (κ2) is 16.6. The molecule has 65 heavy (non-hydrogen) atoms. The molecule has 3 aliphatic heterocycles. The lowest BCUT2D eigenvalue weighted by Gasteiger charge is -2.53. The maximum absolute atomic E-state index is 13.5. The lowest BCUT2D eigenvalue weighted by atomic mass is 9.57. The minimum atomic E-state index is -4.67. The fourth-order valence-corrected chi connectivity index (χ4v) is 10.9. The smallest absolute Gasteiger partial charge is 0.433 e. The highest BCUT2D eigenvalue weighted by Gasteiger charge is 2.47. The molecule has 340 valence electrons. The number of piperidine rings is 2. The van der Waals surface area contributed by atoms with Crippen LogP contribution in [0, 0.1) is 17.3 Å². The standard InChI is InChI=1S/C46H49F3N10O6/c1-65-36-20-33-28(19-34(36)52-41(61)31-23-51-57-16-12-37(46(47,48)49)53-40(31)57)25-58(55-33)29-7-5-26(6-8-29)24-56-17-13-45(14-18-56)21-27(22-45)11-15-50-32-4-2-3-30-39(32)44(64)59(43(30)63)35-9-10-38(60)54-42(35)62/h2-4,12,16,19-20,23,25-27,29,35,50H,5-11,13-15,17-18,21-22,24H2,1H3,(H,52,61)(H,54,60,62)/t26-,29-,35?. The summed E-state index contributed by atoms with van der Waals surface area (Å²) in [6.45, 7) is 3.99. The minimum absolute atomic E-state index is 0.0804. The molecule has 5 aliphatic rings. The van der Waals surface area contributed by atoms with Gasteiger partial charge in [0.1, 0.15) is 23.0 Å². The summed E-state index contributed by atoms with van der Waals surface area (Å²) in [5.74, 6) is -1.11. The number of fused-ring (bicyclic) bond motifs is 3. The average Bonchev–Trinajstić information content (AvgIpc) is 3.97. The number of anilines is 2. The highest BCUT2D eigenvalue weighted by atomic mass is 19.4. The van der Waals surface area contributed by atoms with Crippen LogP contribution < -0.4 is 20.7 Å². The van der Waals surface area contributed by atoms with Gasteiger partial charge in [-0.3, -0.25) is 38.9 Å². The van der Waals surface area contributed by atoms with Crippen LogP contribution in [0.4, 0.5) is 24.5 Å². The van der Waals surface area contributed by atoms with Gasteiger partial charge < -0.3 is 20.3 Å². The number of likely N-dealkylation sites (tertiary alicyclic amines) is 1. The summed E-state index contributed by atoms with van der Waals surface area (Å²) in [6, 6.07) is 8.72. The number of imide groups is 2. The minimum Gasteiger partial charge on any atom is -0.494 e. The molecule has 0 radical (unpaired) electrons. The van der Waals surface area contributed by atoms with Crippen LogP contribution in [0.15, 0.2) is 55.0 Å². The monoisotopic (exact) mass is 894 g/mol. The van der Waals surface area contributed by atoms with Crippen molar-refractivity contribution in [3.8, 4) is 5.75 Å². The summed E-state index contributed by atoms with van der Waals surface area (Å²) < 4.78 is 48.7. The third kappa shape index (κ3) is 8.07. The quantitative estimate of drug-likeness (QED) is 0.123. The number of hydrogen-bond acceptors (Lipinski definition) is 11. The summed E-state index contributed by atoms with van der Waals surface area (Å²) in [4.78, 5) is 71.4. The number of benzene rings is 2. The first kappa shape index (κ1) is 42.6. The zero-order valence-electron chi connectivity index (χ0n) is 35.8. The number of carbonyl (C=O) groups is 5. The van der Waals surface area contributed by atoms with E-state index in [1.54, 1.807) is 30.3 Å². The van der Waals surface area contributed by atoms with E-state index in [2.05, 4.69) is 30.9 Å². The van der Waals surface area contributed by atoms with Gasteiger partial charge in [0.05, 0.1) is 41.7 Å². The van der Waals surface area contributed by atoms with Crippen LogP contribution in [0.2, 0.25) is 0 Å². The summed E-state index contributed by atoms with van der Waals surface area (Å²) in [6.07, 6.45) is 9.79. The summed E-state index contributed by atoms with van der Waals surface area (Å²) in [5.41, 5.74) is 1.20. The third-order valence-corrected chi connectivity index (χ3v) is 14.4. The van der Waals surface area contributed by atoms with Gasteiger partial charge >= 0.3 is 6.18 Å². The molecule has 1 atom stereocenters. The lowest BCUT2D eigenvalue weighted by molar-refractivity contribution is -0.141. The Balaban J connectivity index is 0.676. The number of ether oxygens (including phenoxy) is 1. The van der Waals surface area contributed by atoms with E-state index >= 15 is 0 Å². The number of halogens is 3. The van der Waals surface area contributed by atoms with Gasteiger partial charge in [-0.2, -0.15) is 23.4 Å². The Morgan fingerprint density at radius 2 is 1.75 bits per heavy atom. The Labute approximate surface area is 371 Å². The Morgan fingerprint density at radius 1 is 0.969 bits per heavy atom. The Kier molecular flexibility index (Phi) is 10.8. The van der Waals surface area contributed by atoms with Crippen LogP contribution in [0.3, 0.4) is 0 Å². The van der Waals surface area contributed by atoms with Crippen molar-refractivity contribution in [1.82, 2.24) is 39.5 Å². The molecule has 2 saturated heterocycles. The second-order valence-electron chi connectivity index (χ2n) is 18.5. The average molecular weight is 895 g/mol. The number of rotatable bonds is 11. The first-order chi connectivity index (χ1) is 31.3. The van der Waals surface area contributed by atoms with Gasteiger partial charge in [-0.25, -0.2) is 9.50 Å². The van der Waals surface area contributed by atoms with Crippen molar-refractivity contribution in [3.63, 3.8) is 0 Å². The highest BCUT2D eigenvalue weighted by molar-refractivity contribution is 6.25. The first-order valence-electron chi connectivity index (χ1n) is 22.4. The molecule has 0 bridgehead atoms. The van der Waals surface area contributed by atoms with E-state index in [1.807, 2.05) is 10.9 Å². The number of nitrogens with one attached hydrogen (secondary N) is 3. The molecule has 16 nitrogen and oxygen atoms in total. The summed E-state index contributed by atoms with van der Waals surface area (Å²) >= 11 is 0. The second-order valence-corrected chi connectivity index (χ2v) is 18.5. The number of hydrogen-bond donors (Lipinski definition) is 3. The number of aromatic nitrogens is 5. The molecule has 5 amide bonds. The van der Waals surface area contributed by atoms with E-state index in [-0.39, 0.29) is 35.7 Å². The predicted molar refractivity (Wildman–Crippen MR) is 230 cm³/mol. The third-order valence-electron chi connectivity index (χ3n) is 14.4. The van der Waals surface area contributed by atoms with Gasteiger partial charge in [0.2, 0.25) is 11.8 Å². The number of amides is 5. The van der Waals surface area contributed by atoms with Gasteiger partial charge in [-0.05, 0) is 119 Å². The molecule has 2 saturated carbocycles. The molecule has 10 rings (SSSR count). The molecule has 19 heteroatoms. The van der Waals surface area contributed by atoms with Gasteiger partial charge in [0.15, 0.2) is 5.65 Å². The van der Waals surface area contributed by atoms with Crippen molar-refractivity contribution < 1.29 is 41.9 Å². The molecular weight excluding hydrogens is 846 g/mol. The van der Waals surface area contributed by atoms with Crippen LogP contribution in [0.5, 0.6) is 5.75 Å². The van der Waals surface area contributed by atoms with Gasteiger partial charge in [0.25, 0.3) is 17.7 Å². The first-order valence-corrected chi connectivity index (χ1v) is 22.4. The molecule has 5 aromatic rings. The normalized spacial score (nSPS) is 22.6. The maximum Gasteiger partial charge on any atom is 0.433 e. The molecule has 2 aromatic carbocycles. The molecular formula is C46H49F3N10O6. The van der Waals surface area contributed by atoms with Crippen molar-refractivity contribution in [2.24, 2.45) is 17.3 Å². The maximum atomic E-state index is 13.5. The molecule has 1 unspecified atom stereocenters. The van der Waals surface area contributed by atoms with E-state index in [4.69, 9.17) is 9.84 Å². The van der Waals surface area contributed by atoms with Gasteiger partial charge in [0, 0.05) is 49.0 Å². The molecule has 3 N–H and O–H groups in total. The van der Waals surface area contributed by atoms with Crippen LogP contribution in [-0.2, 0) is 15.8 Å². The fraction of sp³-hybridized carbons (Fsp3) is 0.478. The zero-order valence-corrected chi connectivity index (χ0v) is 35.8. The van der Waals surface area contributed by atoms with Crippen molar-refractivity contribution in [2.45, 2.75) is 88.9 Å². The van der Waals surface area contributed by atoms with Crippen molar-refractivity contribution in [2.75, 3.05) is 43.9 Å². The summed E-state index contributed by atoms with van der Waals surface area (Å²) in [7, 11) is 1.48. The van der Waals surface area contributed by atoms with Gasteiger partial charge in [-0.1, -0.05) is 6.07 Å². The number of nitrogens with zero attached hydrogens (tertiary/aromatic N) is 7. The van der Waals surface area contributed by atoms with E-state index in [0.29, 0.717) is 52.0 Å². The van der Waals surface area contributed by atoms with Crippen molar-refractivity contribution >= 4 is 57.5 Å². The lowest BCUT2D eigenvalue weighted by Crippen LogP contribution is -2.54. The summed E-state index contributed by atoms with van der Waals surface area (Å²) in [5, 5.41) is 18.1. The fourth-order valence-electron chi connectivity index (χ4n) is 10.9. The zero-order chi connectivity index (χ0) is 45.2. The number of alkyl halides is 3. The van der Waals surface area contributed by atoms with Crippen LogP contribution in [0.25, 0.3) is 16.6 Å². The predicted octanol–water partition coefficient (Wildman–Crippen LogP) is 6.49. The van der Waals surface area contributed by atoms with Crippen molar-refractivity contribution in [1.29, 1.82) is 0 Å². The van der Waals surface area contributed by atoms with Gasteiger partial charge in [-0.15, -0.1) is 0 Å². The van der Waals surface area contributed by atoms with E-state index < -0.39 is 47.4 Å². The Bertz CT molecular complexity index is 2730. The van der Waals surface area contributed by atoms with Crippen LogP contribution in [0.1, 0.15) is 113 Å². The van der Waals surface area contributed by atoms with E-state index in [1.165, 1.54) is 39.0 Å². The van der Waals surface area contributed by atoms with Crippen LogP contribution >= 0.6 is 0 Å². The molecule has 2 aliphatic carbocycles. The van der Waals surface area contributed by atoms with Crippen LogP contribution in [-0.4, -0.2) is 103 Å². The molecule has 3 aromatic heterocycles. The topological polar surface area (TPSA) is 185 Å². The Morgan fingerprint density at radius 3 is 2.49 bits per heavy atom. The molecule has 6 heterocycles. The molecule has 4 fully saturated rings. The Hall–Kier alpha value is -6.37. The number of carbonyl (C=O) groups excluding carboxylic acids is 5. The van der Waals surface area contributed by atoms with E-state index in [9.17, 15) is 37.1 Å².